The number of carbonyl (C=O) groups excluding carboxylic acids is 2. The maximum Gasteiger partial charge on any atom is 0.331 e. The summed E-state index contributed by atoms with van der Waals surface area (Å²) in [6.45, 7) is 4.14. The van der Waals surface area contributed by atoms with Crippen molar-refractivity contribution in [1.82, 2.24) is 10.3 Å². The van der Waals surface area contributed by atoms with E-state index in [1.807, 2.05) is 6.92 Å². The largest absolute Gasteiger partial charge is 0.503 e. The Kier molecular flexibility index (Phi) is 9.00. The van der Waals surface area contributed by atoms with Crippen LogP contribution in [0.15, 0.2) is 36.5 Å². The number of aromatic hydroxyl groups is 1. The predicted octanol–water partition coefficient (Wildman–Crippen LogP) is 3.35. The number of nitrogens with zero attached hydrogens (tertiary/aromatic N) is 1. The topological polar surface area (TPSA) is 116 Å². The normalized spacial score (nSPS) is 25.0. The van der Waals surface area contributed by atoms with Gasteiger partial charge in [-0.1, -0.05) is 42.7 Å². The first-order chi connectivity index (χ1) is 17.9. The second-order valence-corrected chi connectivity index (χ2v) is 9.87. The van der Waals surface area contributed by atoms with Crippen molar-refractivity contribution in [2.45, 2.75) is 70.3 Å². The SMILES string of the molecule is COc1ccnc(C(=O)NC2COCC(Cc3ccc(C)cc3)C(OC3CCCC3)C(C)OC2=O)c1O. The van der Waals surface area contributed by atoms with E-state index in [9.17, 15) is 14.7 Å². The third-order valence-electron chi connectivity index (χ3n) is 7.03. The zero-order valence-corrected chi connectivity index (χ0v) is 21.6. The van der Waals surface area contributed by atoms with Gasteiger partial charge in [-0.15, -0.1) is 0 Å². The number of hydrogen-bond acceptors (Lipinski definition) is 8. The molecule has 1 aromatic carbocycles. The van der Waals surface area contributed by atoms with Crippen LogP contribution in [0.2, 0.25) is 0 Å². The maximum absolute atomic E-state index is 13.1. The van der Waals surface area contributed by atoms with E-state index in [0.717, 1.165) is 31.2 Å². The molecule has 2 heterocycles. The van der Waals surface area contributed by atoms with Gasteiger partial charge in [0.05, 0.1) is 32.5 Å². The lowest BCUT2D eigenvalue weighted by atomic mass is 9.91. The molecular weight excluding hydrogens is 476 g/mol. The summed E-state index contributed by atoms with van der Waals surface area (Å²) in [5.41, 5.74) is 2.09. The van der Waals surface area contributed by atoms with Crippen LogP contribution in [-0.4, -0.2) is 66.6 Å². The van der Waals surface area contributed by atoms with E-state index in [4.69, 9.17) is 18.9 Å². The van der Waals surface area contributed by atoms with Gasteiger partial charge in [-0.05, 0) is 38.7 Å². The second kappa shape index (κ2) is 12.4. The van der Waals surface area contributed by atoms with E-state index in [-0.39, 0.29) is 36.2 Å². The first kappa shape index (κ1) is 26.9. The summed E-state index contributed by atoms with van der Waals surface area (Å²) in [6, 6.07) is 8.71. The van der Waals surface area contributed by atoms with Crippen molar-refractivity contribution >= 4 is 11.9 Å². The fourth-order valence-corrected chi connectivity index (χ4v) is 4.98. The van der Waals surface area contributed by atoms with Crippen molar-refractivity contribution in [3.8, 4) is 11.5 Å². The molecule has 2 aliphatic rings. The van der Waals surface area contributed by atoms with Crippen molar-refractivity contribution in [3.05, 3.63) is 53.3 Å². The molecule has 37 heavy (non-hydrogen) atoms. The highest BCUT2D eigenvalue weighted by Gasteiger charge is 2.37. The fraction of sp³-hybridized carbons (Fsp3) is 0.536. The minimum Gasteiger partial charge on any atom is -0.503 e. The van der Waals surface area contributed by atoms with Crippen LogP contribution in [0.3, 0.4) is 0 Å². The molecule has 200 valence electrons. The lowest BCUT2D eigenvalue weighted by Crippen LogP contribution is -2.47. The monoisotopic (exact) mass is 512 g/mol. The molecule has 4 atom stereocenters. The minimum atomic E-state index is -1.08. The van der Waals surface area contributed by atoms with Gasteiger partial charge in [0, 0.05) is 18.2 Å². The summed E-state index contributed by atoms with van der Waals surface area (Å²) in [5.74, 6) is -1.71. The van der Waals surface area contributed by atoms with Gasteiger partial charge in [0.1, 0.15) is 6.10 Å². The molecule has 4 rings (SSSR count). The van der Waals surface area contributed by atoms with Crippen LogP contribution < -0.4 is 10.1 Å². The lowest BCUT2D eigenvalue weighted by Gasteiger charge is -2.33. The molecule has 1 amide bonds. The van der Waals surface area contributed by atoms with Crippen molar-refractivity contribution < 1.29 is 33.6 Å². The van der Waals surface area contributed by atoms with Crippen molar-refractivity contribution in [2.75, 3.05) is 20.3 Å². The number of methoxy groups -OCH3 is 1. The number of cyclic esters (lactones) is 1. The van der Waals surface area contributed by atoms with E-state index in [1.165, 1.54) is 24.9 Å². The quantitative estimate of drug-likeness (QED) is 0.543. The summed E-state index contributed by atoms with van der Waals surface area (Å²) >= 11 is 0. The van der Waals surface area contributed by atoms with E-state index >= 15 is 0 Å². The Morgan fingerprint density at radius 2 is 1.89 bits per heavy atom. The smallest absolute Gasteiger partial charge is 0.331 e. The standard InChI is InChI=1S/C28H36N2O7/c1-17-8-10-19(11-9-17)14-20-15-35-16-22(30-27(32)24-25(31)23(34-3)12-13-29-24)28(33)36-18(2)26(20)37-21-6-4-5-7-21/h8-13,18,20-22,26,31H,4-7,14-16H2,1-3H3,(H,30,32). The van der Waals surface area contributed by atoms with Crippen molar-refractivity contribution in [1.29, 1.82) is 0 Å². The second-order valence-electron chi connectivity index (χ2n) is 9.87. The Morgan fingerprint density at radius 1 is 1.16 bits per heavy atom. The predicted molar refractivity (Wildman–Crippen MR) is 136 cm³/mol. The Balaban J connectivity index is 1.51. The van der Waals surface area contributed by atoms with Gasteiger partial charge < -0.3 is 29.4 Å². The Morgan fingerprint density at radius 3 is 2.59 bits per heavy atom. The Bertz CT molecular complexity index is 1070. The van der Waals surface area contributed by atoms with Gasteiger partial charge in [-0.2, -0.15) is 0 Å². The van der Waals surface area contributed by atoms with E-state index in [1.54, 1.807) is 0 Å². The number of aryl methyl sites for hydroxylation is 1. The molecule has 1 aliphatic carbocycles. The van der Waals surface area contributed by atoms with Crippen LogP contribution in [0.25, 0.3) is 0 Å². The Hall–Kier alpha value is -3.17. The van der Waals surface area contributed by atoms with E-state index in [2.05, 4.69) is 41.5 Å². The Labute approximate surface area is 217 Å². The summed E-state index contributed by atoms with van der Waals surface area (Å²) in [7, 11) is 1.37. The van der Waals surface area contributed by atoms with Gasteiger partial charge in [0.25, 0.3) is 5.91 Å². The van der Waals surface area contributed by atoms with Gasteiger partial charge in [-0.25, -0.2) is 9.78 Å². The molecule has 2 aromatic rings. The summed E-state index contributed by atoms with van der Waals surface area (Å²) in [6.07, 6.45) is 5.51. The molecule has 1 aliphatic heterocycles. The van der Waals surface area contributed by atoms with Crippen molar-refractivity contribution in [3.63, 3.8) is 0 Å². The first-order valence-corrected chi connectivity index (χ1v) is 12.9. The molecule has 9 nitrogen and oxygen atoms in total. The van der Waals surface area contributed by atoms with Crippen LogP contribution in [0.4, 0.5) is 0 Å². The fourth-order valence-electron chi connectivity index (χ4n) is 4.98. The van der Waals surface area contributed by atoms with Crippen LogP contribution in [0.5, 0.6) is 11.5 Å². The van der Waals surface area contributed by atoms with Gasteiger partial charge in [-0.3, -0.25) is 4.79 Å². The number of amides is 1. The van der Waals surface area contributed by atoms with Crippen LogP contribution in [0.1, 0.15) is 54.2 Å². The first-order valence-electron chi connectivity index (χ1n) is 12.9. The molecule has 1 saturated heterocycles. The number of esters is 1. The zero-order chi connectivity index (χ0) is 26.4. The number of hydrogen-bond donors (Lipinski definition) is 2. The number of benzene rings is 1. The highest BCUT2D eigenvalue weighted by atomic mass is 16.6. The summed E-state index contributed by atoms with van der Waals surface area (Å²) < 4.78 is 23.4. The number of rotatable bonds is 7. The minimum absolute atomic E-state index is 0.0512. The maximum atomic E-state index is 13.1. The summed E-state index contributed by atoms with van der Waals surface area (Å²) in [4.78, 5) is 29.9. The third-order valence-corrected chi connectivity index (χ3v) is 7.03. The highest BCUT2D eigenvalue weighted by molar-refractivity contribution is 5.98. The van der Waals surface area contributed by atoms with Crippen LogP contribution in [-0.2, 0) is 25.4 Å². The molecule has 1 saturated carbocycles. The lowest BCUT2D eigenvalue weighted by molar-refractivity contribution is -0.164. The summed E-state index contributed by atoms with van der Waals surface area (Å²) in [5, 5.41) is 12.9. The number of aromatic nitrogens is 1. The molecule has 0 bridgehead atoms. The molecule has 0 spiro atoms. The molecule has 2 N–H and O–H groups in total. The van der Waals surface area contributed by atoms with E-state index in [0.29, 0.717) is 13.0 Å². The number of pyridine rings is 1. The van der Waals surface area contributed by atoms with Gasteiger partial charge in [0.15, 0.2) is 23.2 Å². The number of ether oxygens (including phenoxy) is 4. The molecule has 1 aromatic heterocycles. The van der Waals surface area contributed by atoms with Crippen LogP contribution in [0, 0.1) is 12.8 Å². The molecule has 4 unspecified atom stereocenters. The number of carbonyl (C=O) groups is 2. The molecule has 9 heteroatoms. The van der Waals surface area contributed by atoms with Gasteiger partial charge >= 0.3 is 5.97 Å². The average molecular weight is 513 g/mol. The van der Waals surface area contributed by atoms with Gasteiger partial charge in [0.2, 0.25) is 0 Å². The average Bonchev–Trinajstić information content (AvgIpc) is 3.41. The molecule has 2 fully saturated rings. The highest BCUT2D eigenvalue weighted by Crippen LogP contribution is 2.30. The number of nitrogens with one attached hydrogen (secondary N) is 1. The van der Waals surface area contributed by atoms with Crippen LogP contribution >= 0.6 is 0 Å². The van der Waals surface area contributed by atoms with E-state index < -0.39 is 29.8 Å². The zero-order valence-electron chi connectivity index (χ0n) is 21.6. The third kappa shape index (κ3) is 6.78. The molecule has 0 radical (unpaired) electrons. The molecular formula is C28H36N2O7. The van der Waals surface area contributed by atoms with Crippen molar-refractivity contribution in [2.24, 2.45) is 5.92 Å².